The first-order chi connectivity index (χ1) is 10.0. The molecule has 21 heavy (non-hydrogen) atoms. The molecule has 1 N–H and O–H groups in total. The summed E-state index contributed by atoms with van der Waals surface area (Å²) in [4.78, 5) is 30.9. The molecule has 6 heteroatoms. The molecular formula is C15H20N2O4. The van der Waals surface area contributed by atoms with Crippen LogP contribution in [0, 0.1) is 5.92 Å². The number of aldehydes is 1. The van der Waals surface area contributed by atoms with Crippen molar-refractivity contribution >= 4 is 18.3 Å². The highest BCUT2D eigenvalue weighted by molar-refractivity contribution is 5.90. The van der Waals surface area contributed by atoms with Crippen LogP contribution in [0.5, 0.6) is 0 Å². The van der Waals surface area contributed by atoms with Crippen molar-refractivity contribution in [2.24, 2.45) is 5.92 Å². The van der Waals surface area contributed by atoms with Gasteiger partial charge in [-0.3, -0.25) is 14.6 Å². The van der Waals surface area contributed by atoms with E-state index in [1.54, 1.807) is 25.1 Å². The number of ether oxygens (including phenoxy) is 1. The Morgan fingerprint density at radius 2 is 2.14 bits per heavy atom. The molecule has 114 valence electrons. The van der Waals surface area contributed by atoms with E-state index in [0.29, 0.717) is 30.1 Å². The van der Waals surface area contributed by atoms with Crippen molar-refractivity contribution in [1.29, 1.82) is 0 Å². The monoisotopic (exact) mass is 292 g/mol. The Balaban J connectivity index is 2.35. The van der Waals surface area contributed by atoms with Gasteiger partial charge < -0.3 is 4.74 Å². The number of hydroxylamine groups is 1. The number of hydrogen-bond acceptors (Lipinski definition) is 5. The van der Waals surface area contributed by atoms with Crippen molar-refractivity contribution in [2.45, 2.75) is 27.1 Å². The van der Waals surface area contributed by atoms with Crippen LogP contribution in [0.15, 0.2) is 24.4 Å². The first-order valence-corrected chi connectivity index (χ1v) is 6.67. The molecule has 0 aromatic carbocycles. The summed E-state index contributed by atoms with van der Waals surface area (Å²) in [6.45, 7) is 6.31. The molecule has 1 atom stereocenters. The van der Waals surface area contributed by atoms with Crippen LogP contribution in [0.1, 0.15) is 36.8 Å². The lowest BCUT2D eigenvalue weighted by atomic mass is 10.2. The van der Waals surface area contributed by atoms with E-state index in [1.165, 1.54) is 12.3 Å². The highest BCUT2D eigenvalue weighted by Gasteiger charge is 2.05. The summed E-state index contributed by atoms with van der Waals surface area (Å²) in [7, 11) is 0. The maximum atomic E-state index is 11.5. The van der Waals surface area contributed by atoms with Gasteiger partial charge in [0.05, 0.1) is 6.61 Å². The number of amides is 1. The Labute approximate surface area is 124 Å². The third-order valence-electron chi connectivity index (χ3n) is 2.35. The van der Waals surface area contributed by atoms with Gasteiger partial charge in [0.2, 0.25) is 0 Å². The summed E-state index contributed by atoms with van der Waals surface area (Å²) < 4.78 is 5.34. The Morgan fingerprint density at radius 3 is 2.71 bits per heavy atom. The zero-order valence-electron chi connectivity index (χ0n) is 12.4. The summed E-state index contributed by atoms with van der Waals surface area (Å²) in [6, 6.07) is 3.26. The average molecular weight is 292 g/mol. The highest BCUT2D eigenvalue weighted by atomic mass is 16.8. The predicted molar refractivity (Wildman–Crippen MR) is 78.1 cm³/mol. The maximum absolute atomic E-state index is 11.5. The van der Waals surface area contributed by atoms with Crippen LogP contribution in [0.25, 0.3) is 6.08 Å². The van der Waals surface area contributed by atoms with Crippen LogP contribution >= 0.6 is 0 Å². The standard InChI is InChI=1S/C15H20N2O4/c1-11(2)10-20-12(3)21-17-15(19)7-5-13-4-6-14(9-18)16-8-13/h4-9,11-12H,10H2,1-3H3,(H,17,19). The maximum Gasteiger partial charge on any atom is 0.267 e. The van der Waals surface area contributed by atoms with Gasteiger partial charge in [0, 0.05) is 12.3 Å². The molecule has 0 radical (unpaired) electrons. The number of pyridine rings is 1. The van der Waals surface area contributed by atoms with Crippen LogP contribution in [0.2, 0.25) is 0 Å². The van der Waals surface area contributed by atoms with Gasteiger partial charge in [0.15, 0.2) is 12.6 Å². The minimum Gasteiger partial charge on any atom is -0.350 e. The van der Waals surface area contributed by atoms with Crippen LogP contribution < -0.4 is 5.48 Å². The van der Waals surface area contributed by atoms with E-state index >= 15 is 0 Å². The summed E-state index contributed by atoms with van der Waals surface area (Å²) in [5.74, 6) is -0.0112. The Morgan fingerprint density at radius 1 is 1.38 bits per heavy atom. The molecule has 1 heterocycles. The van der Waals surface area contributed by atoms with E-state index < -0.39 is 12.2 Å². The zero-order chi connectivity index (χ0) is 15.7. The van der Waals surface area contributed by atoms with E-state index in [1.807, 2.05) is 13.8 Å². The number of nitrogens with zero attached hydrogens (tertiary/aromatic N) is 1. The van der Waals surface area contributed by atoms with Crippen molar-refractivity contribution < 1.29 is 19.2 Å². The first kappa shape index (κ1) is 17.0. The smallest absolute Gasteiger partial charge is 0.267 e. The van der Waals surface area contributed by atoms with Gasteiger partial charge in [-0.15, -0.1) is 0 Å². The molecule has 1 amide bonds. The second-order valence-corrected chi connectivity index (χ2v) is 4.85. The number of hydrogen-bond donors (Lipinski definition) is 1. The van der Waals surface area contributed by atoms with E-state index in [0.717, 1.165) is 0 Å². The molecule has 0 fully saturated rings. The molecule has 0 bridgehead atoms. The van der Waals surface area contributed by atoms with Gasteiger partial charge in [-0.1, -0.05) is 19.9 Å². The lowest BCUT2D eigenvalue weighted by Crippen LogP contribution is -2.29. The van der Waals surface area contributed by atoms with Gasteiger partial charge in [0.25, 0.3) is 5.91 Å². The van der Waals surface area contributed by atoms with Crippen molar-refractivity contribution in [3.05, 3.63) is 35.7 Å². The summed E-state index contributed by atoms with van der Waals surface area (Å²) >= 11 is 0. The second-order valence-electron chi connectivity index (χ2n) is 4.85. The Bertz CT molecular complexity index is 483. The summed E-state index contributed by atoms with van der Waals surface area (Å²) in [5, 5.41) is 0. The number of rotatable bonds is 8. The molecule has 0 spiro atoms. The topological polar surface area (TPSA) is 77.5 Å². The Kier molecular flexibility index (Phi) is 7.28. The lowest BCUT2D eigenvalue weighted by Gasteiger charge is -2.14. The molecule has 1 unspecified atom stereocenters. The molecule has 1 rings (SSSR count). The normalized spacial score (nSPS) is 12.6. The predicted octanol–water partition coefficient (Wildman–Crippen LogP) is 1.97. The molecule has 0 saturated carbocycles. The van der Waals surface area contributed by atoms with Gasteiger partial charge in [-0.25, -0.2) is 10.3 Å². The average Bonchev–Trinajstić information content (AvgIpc) is 2.49. The molecule has 0 saturated heterocycles. The van der Waals surface area contributed by atoms with Crippen LogP contribution in [-0.4, -0.2) is 30.1 Å². The fourth-order valence-corrected chi connectivity index (χ4v) is 1.29. The zero-order valence-corrected chi connectivity index (χ0v) is 12.4. The summed E-state index contributed by atoms with van der Waals surface area (Å²) in [5.41, 5.74) is 3.32. The van der Waals surface area contributed by atoms with Crippen molar-refractivity contribution in [2.75, 3.05) is 6.61 Å². The van der Waals surface area contributed by atoms with E-state index in [9.17, 15) is 9.59 Å². The first-order valence-electron chi connectivity index (χ1n) is 6.67. The van der Waals surface area contributed by atoms with Crippen molar-refractivity contribution in [3.8, 4) is 0 Å². The lowest BCUT2D eigenvalue weighted by molar-refractivity contribution is -0.180. The molecule has 0 aliphatic rings. The van der Waals surface area contributed by atoms with Crippen LogP contribution in [-0.2, 0) is 14.4 Å². The number of nitrogens with one attached hydrogen (secondary N) is 1. The van der Waals surface area contributed by atoms with Crippen LogP contribution in [0.4, 0.5) is 0 Å². The van der Waals surface area contributed by atoms with Crippen molar-refractivity contribution in [1.82, 2.24) is 10.5 Å². The molecule has 0 aliphatic heterocycles. The summed E-state index contributed by atoms with van der Waals surface area (Å²) in [6.07, 6.45) is 4.53. The minimum absolute atomic E-state index is 0.344. The van der Waals surface area contributed by atoms with Gasteiger partial charge in [0.1, 0.15) is 5.69 Å². The SMILES string of the molecule is CC(C)COC(C)ONC(=O)C=Cc1ccc(C=O)nc1. The third-order valence-corrected chi connectivity index (χ3v) is 2.35. The second kappa shape index (κ2) is 8.99. The molecular weight excluding hydrogens is 272 g/mol. The van der Waals surface area contributed by atoms with Crippen molar-refractivity contribution in [3.63, 3.8) is 0 Å². The minimum atomic E-state index is -0.515. The quantitative estimate of drug-likeness (QED) is 0.343. The number of carbonyl (C=O) groups excluding carboxylic acids is 2. The van der Waals surface area contributed by atoms with E-state index in [4.69, 9.17) is 9.57 Å². The third kappa shape index (κ3) is 7.34. The Hall–Kier alpha value is -2.05. The fourth-order valence-electron chi connectivity index (χ4n) is 1.29. The fraction of sp³-hybridized carbons (Fsp3) is 0.400. The van der Waals surface area contributed by atoms with Crippen LogP contribution in [0.3, 0.4) is 0 Å². The van der Waals surface area contributed by atoms with Gasteiger partial charge in [-0.2, -0.15) is 0 Å². The largest absolute Gasteiger partial charge is 0.350 e. The highest BCUT2D eigenvalue weighted by Crippen LogP contribution is 2.01. The van der Waals surface area contributed by atoms with E-state index in [2.05, 4.69) is 10.5 Å². The van der Waals surface area contributed by atoms with Gasteiger partial charge in [-0.05, 0) is 30.5 Å². The molecule has 6 nitrogen and oxygen atoms in total. The molecule has 1 aromatic heterocycles. The number of aromatic nitrogens is 1. The molecule has 0 aliphatic carbocycles. The van der Waals surface area contributed by atoms with Gasteiger partial charge >= 0.3 is 0 Å². The number of carbonyl (C=O) groups is 2. The molecule has 1 aromatic rings. The van der Waals surface area contributed by atoms with E-state index in [-0.39, 0.29) is 0 Å².